The molecule has 3 rings (SSSR count). The highest BCUT2D eigenvalue weighted by molar-refractivity contribution is 5.88. The zero-order valence-corrected chi connectivity index (χ0v) is 13.4. The first-order valence-electron chi connectivity index (χ1n) is 7.90. The van der Waals surface area contributed by atoms with E-state index >= 15 is 0 Å². The molecule has 0 saturated heterocycles. The molecule has 0 aliphatic carbocycles. The van der Waals surface area contributed by atoms with Crippen molar-refractivity contribution in [3.05, 3.63) is 65.2 Å². The molecule has 2 unspecified atom stereocenters. The van der Waals surface area contributed by atoms with Crippen molar-refractivity contribution in [2.45, 2.75) is 25.3 Å². The lowest BCUT2D eigenvalue weighted by Crippen LogP contribution is -2.36. The van der Waals surface area contributed by atoms with Gasteiger partial charge in [-0.3, -0.25) is 4.79 Å². The number of aliphatic carboxylic acids is 1. The summed E-state index contributed by atoms with van der Waals surface area (Å²) >= 11 is 0. The maximum Gasteiger partial charge on any atom is 0.330 e. The van der Waals surface area contributed by atoms with Crippen LogP contribution in [0.5, 0.6) is 5.75 Å². The van der Waals surface area contributed by atoms with E-state index in [0.717, 1.165) is 23.3 Å². The fourth-order valence-electron chi connectivity index (χ4n) is 2.83. The van der Waals surface area contributed by atoms with Crippen LogP contribution in [-0.4, -0.2) is 23.6 Å². The summed E-state index contributed by atoms with van der Waals surface area (Å²) in [6.45, 7) is 2.37. The number of hydrogen-bond donors (Lipinski definition) is 2. The van der Waals surface area contributed by atoms with Crippen molar-refractivity contribution in [1.29, 1.82) is 0 Å². The molecule has 2 N–H and O–H groups in total. The van der Waals surface area contributed by atoms with Crippen molar-refractivity contribution in [3.63, 3.8) is 0 Å². The van der Waals surface area contributed by atoms with Gasteiger partial charge in [-0.15, -0.1) is 0 Å². The minimum Gasteiger partial charge on any atom is -0.493 e. The van der Waals surface area contributed by atoms with Gasteiger partial charge in [-0.25, -0.2) is 4.79 Å². The minimum absolute atomic E-state index is 0.314. The molecule has 0 fully saturated rings. The molecule has 0 radical (unpaired) electrons. The minimum atomic E-state index is -1.08. The van der Waals surface area contributed by atoms with Gasteiger partial charge in [0.15, 0.2) is 6.04 Å². The quantitative estimate of drug-likeness (QED) is 0.886. The van der Waals surface area contributed by atoms with Crippen LogP contribution in [-0.2, 0) is 16.0 Å². The Morgan fingerprint density at radius 3 is 2.58 bits per heavy atom. The molecule has 2 atom stereocenters. The predicted molar refractivity (Wildman–Crippen MR) is 89.0 cm³/mol. The number of amides is 1. The van der Waals surface area contributed by atoms with Crippen LogP contribution in [0.2, 0.25) is 0 Å². The number of fused-ring (bicyclic) bond motifs is 1. The topological polar surface area (TPSA) is 75.6 Å². The summed E-state index contributed by atoms with van der Waals surface area (Å²) in [7, 11) is 0. The lowest BCUT2D eigenvalue weighted by atomic mass is 9.98. The molecule has 124 valence electrons. The fourth-order valence-corrected chi connectivity index (χ4v) is 2.83. The van der Waals surface area contributed by atoms with Crippen molar-refractivity contribution in [3.8, 4) is 5.75 Å². The highest BCUT2D eigenvalue weighted by Gasteiger charge is 2.26. The van der Waals surface area contributed by atoms with Gasteiger partial charge in [-0.1, -0.05) is 36.4 Å². The second-order valence-electron chi connectivity index (χ2n) is 5.88. The van der Waals surface area contributed by atoms with Crippen molar-refractivity contribution < 1.29 is 19.4 Å². The zero-order valence-electron chi connectivity index (χ0n) is 13.4. The number of rotatable bonds is 5. The molecule has 24 heavy (non-hydrogen) atoms. The molecule has 1 amide bonds. The Labute approximate surface area is 140 Å². The number of carbonyl (C=O) groups excluding carboxylic acids is 1. The maximum atomic E-state index is 12.5. The molecule has 0 aromatic heterocycles. The van der Waals surface area contributed by atoms with E-state index in [1.165, 1.54) is 0 Å². The Balaban J connectivity index is 1.79. The molecule has 0 spiro atoms. The number of carboxylic acid groups (broad SMARTS) is 1. The van der Waals surface area contributed by atoms with Gasteiger partial charge < -0.3 is 15.2 Å². The van der Waals surface area contributed by atoms with E-state index in [1.807, 2.05) is 30.3 Å². The van der Waals surface area contributed by atoms with Gasteiger partial charge in [0.25, 0.3) is 0 Å². The number of carboxylic acids is 1. The number of hydrogen-bond acceptors (Lipinski definition) is 3. The molecule has 1 aliphatic heterocycles. The third-order valence-corrected chi connectivity index (χ3v) is 4.27. The van der Waals surface area contributed by atoms with Gasteiger partial charge in [0.1, 0.15) is 5.75 Å². The third-order valence-electron chi connectivity index (χ3n) is 4.27. The van der Waals surface area contributed by atoms with E-state index < -0.39 is 17.9 Å². The zero-order chi connectivity index (χ0) is 17.1. The summed E-state index contributed by atoms with van der Waals surface area (Å²) in [4.78, 5) is 24.1. The Hall–Kier alpha value is -2.82. The van der Waals surface area contributed by atoms with Gasteiger partial charge in [-0.05, 0) is 35.7 Å². The molecule has 0 saturated carbocycles. The van der Waals surface area contributed by atoms with Crippen LogP contribution in [0.25, 0.3) is 0 Å². The molecule has 0 bridgehead atoms. The van der Waals surface area contributed by atoms with Gasteiger partial charge in [0, 0.05) is 6.42 Å². The van der Waals surface area contributed by atoms with Crippen LogP contribution in [0.4, 0.5) is 0 Å². The molecular formula is C19H19NO4. The summed E-state index contributed by atoms with van der Waals surface area (Å²) in [5.74, 6) is -1.04. The van der Waals surface area contributed by atoms with Gasteiger partial charge in [-0.2, -0.15) is 0 Å². The number of carbonyl (C=O) groups is 2. The van der Waals surface area contributed by atoms with E-state index in [9.17, 15) is 14.7 Å². The van der Waals surface area contributed by atoms with E-state index in [1.54, 1.807) is 25.1 Å². The van der Waals surface area contributed by atoms with Crippen molar-refractivity contribution >= 4 is 11.9 Å². The van der Waals surface area contributed by atoms with Gasteiger partial charge in [0.05, 0.1) is 12.5 Å². The third kappa shape index (κ3) is 3.25. The highest BCUT2D eigenvalue weighted by Crippen LogP contribution is 2.28. The normalized spacial score (nSPS) is 15.0. The summed E-state index contributed by atoms with van der Waals surface area (Å²) in [5.41, 5.74) is 2.38. The number of ether oxygens (including phenoxy) is 1. The summed E-state index contributed by atoms with van der Waals surface area (Å²) in [6, 6.07) is 13.5. The molecule has 5 nitrogen and oxygen atoms in total. The summed E-state index contributed by atoms with van der Waals surface area (Å²) in [6.07, 6.45) is 0.754. The standard InChI is InChI=1S/C19H19NO4/c1-12(13-5-3-2-4-6-13)18(21)20-17(19(22)23)15-7-8-16-14(11-15)9-10-24-16/h2-8,11-12,17H,9-10H2,1H3,(H,20,21)(H,22,23). The van der Waals surface area contributed by atoms with E-state index in [0.29, 0.717) is 12.2 Å². The average molecular weight is 325 g/mol. The number of nitrogens with one attached hydrogen (secondary N) is 1. The van der Waals surface area contributed by atoms with Crippen LogP contribution in [0.1, 0.15) is 35.6 Å². The maximum absolute atomic E-state index is 12.5. The van der Waals surface area contributed by atoms with E-state index in [4.69, 9.17) is 4.74 Å². The summed E-state index contributed by atoms with van der Waals surface area (Å²) < 4.78 is 5.44. The number of benzene rings is 2. The van der Waals surface area contributed by atoms with Gasteiger partial charge in [0.2, 0.25) is 5.91 Å². The molecule has 1 heterocycles. The van der Waals surface area contributed by atoms with Crippen molar-refractivity contribution in [2.24, 2.45) is 0 Å². The first-order valence-corrected chi connectivity index (χ1v) is 7.90. The van der Waals surface area contributed by atoms with Crippen LogP contribution in [0, 0.1) is 0 Å². The van der Waals surface area contributed by atoms with E-state index in [-0.39, 0.29) is 5.91 Å². The van der Waals surface area contributed by atoms with Crippen LogP contribution in [0.3, 0.4) is 0 Å². The summed E-state index contributed by atoms with van der Waals surface area (Å²) in [5, 5.41) is 12.2. The fraction of sp³-hybridized carbons (Fsp3) is 0.263. The molecule has 1 aliphatic rings. The van der Waals surface area contributed by atoms with Crippen molar-refractivity contribution in [2.75, 3.05) is 6.61 Å². The largest absolute Gasteiger partial charge is 0.493 e. The first kappa shape index (κ1) is 16.1. The van der Waals surface area contributed by atoms with Crippen LogP contribution >= 0.6 is 0 Å². The Bertz CT molecular complexity index is 757. The molecular weight excluding hydrogens is 306 g/mol. The van der Waals surface area contributed by atoms with Crippen LogP contribution < -0.4 is 10.1 Å². The Kier molecular flexibility index (Phi) is 4.51. The average Bonchev–Trinajstić information content (AvgIpc) is 3.06. The Morgan fingerprint density at radius 1 is 1.12 bits per heavy atom. The molecule has 2 aromatic carbocycles. The smallest absolute Gasteiger partial charge is 0.330 e. The van der Waals surface area contributed by atoms with Crippen LogP contribution in [0.15, 0.2) is 48.5 Å². The van der Waals surface area contributed by atoms with E-state index in [2.05, 4.69) is 5.32 Å². The predicted octanol–water partition coefficient (Wildman–Crippen LogP) is 2.67. The second kappa shape index (κ2) is 6.74. The lowest BCUT2D eigenvalue weighted by molar-refractivity contribution is -0.142. The SMILES string of the molecule is CC(C(=O)NC(C(=O)O)c1ccc2c(c1)CCO2)c1ccccc1. The van der Waals surface area contributed by atoms with Crippen molar-refractivity contribution in [1.82, 2.24) is 5.32 Å². The molecule has 5 heteroatoms. The lowest BCUT2D eigenvalue weighted by Gasteiger charge is -2.19. The molecule has 2 aromatic rings. The second-order valence-corrected chi connectivity index (χ2v) is 5.88. The Morgan fingerprint density at radius 2 is 1.88 bits per heavy atom. The monoisotopic (exact) mass is 325 g/mol. The first-order chi connectivity index (χ1) is 11.6. The highest BCUT2D eigenvalue weighted by atomic mass is 16.5. The van der Waals surface area contributed by atoms with Gasteiger partial charge >= 0.3 is 5.97 Å².